The molecule has 20 heavy (non-hydrogen) atoms. The van der Waals surface area contributed by atoms with Crippen molar-refractivity contribution < 1.29 is 19.1 Å². The molecule has 0 aromatic carbocycles. The first-order chi connectivity index (χ1) is 9.33. The Morgan fingerprint density at radius 1 is 1.25 bits per heavy atom. The topological polar surface area (TPSA) is 55.8 Å². The predicted molar refractivity (Wildman–Crippen MR) is 76.4 cm³/mol. The van der Waals surface area contributed by atoms with Crippen LogP contribution in [0.1, 0.15) is 59.8 Å². The molecule has 1 amide bonds. The van der Waals surface area contributed by atoms with Crippen LogP contribution in [0.5, 0.6) is 0 Å². The van der Waals surface area contributed by atoms with Gasteiger partial charge < -0.3 is 14.4 Å². The Morgan fingerprint density at radius 3 is 2.55 bits per heavy atom. The second kappa shape index (κ2) is 7.50. The van der Waals surface area contributed by atoms with E-state index in [2.05, 4.69) is 0 Å². The van der Waals surface area contributed by atoms with Gasteiger partial charge in [-0.15, -0.1) is 0 Å². The Morgan fingerprint density at radius 2 is 1.95 bits per heavy atom. The second-order valence-corrected chi connectivity index (χ2v) is 6.17. The van der Waals surface area contributed by atoms with Crippen molar-refractivity contribution in [2.24, 2.45) is 0 Å². The zero-order valence-electron chi connectivity index (χ0n) is 13.1. The summed E-state index contributed by atoms with van der Waals surface area (Å²) in [6, 6.07) is 0.0861. The number of nitrogens with zero attached hydrogens (tertiary/aromatic N) is 1. The minimum Gasteiger partial charge on any atom is -0.466 e. The highest BCUT2D eigenvalue weighted by Gasteiger charge is 2.30. The van der Waals surface area contributed by atoms with E-state index in [0.29, 0.717) is 26.0 Å². The molecule has 0 saturated carbocycles. The number of ether oxygens (including phenoxy) is 2. The first kappa shape index (κ1) is 16.8. The summed E-state index contributed by atoms with van der Waals surface area (Å²) in [6.07, 6.45) is 3.75. The number of hydrogen-bond donors (Lipinski definition) is 0. The van der Waals surface area contributed by atoms with Gasteiger partial charge in [0, 0.05) is 19.0 Å². The highest BCUT2D eigenvalue weighted by atomic mass is 16.6. The van der Waals surface area contributed by atoms with E-state index < -0.39 is 5.60 Å². The molecular weight excluding hydrogens is 258 g/mol. The summed E-state index contributed by atoms with van der Waals surface area (Å²) in [5, 5.41) is 0. The van der Waals surface area contributed by atoms with Crippen molar-refractivity contribution >= 4 is 12.1 Å². The zero-order chi connectivity index (χ0) is 15.2. The fourth-order valence-corrected chi connectivity index (χ4v) is 2.38. The van der Waals surface area contributed by atoms with Crippen molar-refractivity contribution in [2.45, 2.75) is 71.4 Å². The molecule has 1 rings (SSSR count). The van der Waals surface area contributed by atoms with E-state index in [1.165, 1.54) is 0 Å². The fourth-order valence-electron chi connectivity index (χ4n) is 2.38. The van der Waals surface area contributed by atoms with Crippen LogP contribution in [-0.4, -0.2) is 41.8 Å². The molecule has 0 aliphatic carbocycles. The number of amides is 1. The van der Waals surface area contributed by atoms with E-state index in [1.807, 2.05) is 20.8 Å². The van der Waals surface area contributed by atoms with Crippen molar-refractivity contribution in [2.75, 3.05) is 13.2 Å². The van der Waals surface area contributed by atoms with Crippen molar-refractivity contribution in [3.63, 3.8) is 0 Å². The van der Waals surface area contributed by atoms with Crippen LogP contribution in [0.15, 0.2) is 0 Å². The summed E-state index contributed by atoms with van der Waals surface area (Å²) >= 11 is 0. The Balaban J connectivity index is 2.53. The molecule has 0 aromatic heterocycles. The molecule has 1 heterocycles. The standard InChI is InChI=1S/C15H27NO4/c1-5-19-13(17)10-9-12-8-6-7-11-16(12)14(18)20-15(2,3)4/h12H,5-11H2,1-4H3. The molecule has 1 unspecified atom stereocenters. The first-order valence-corrected chi connectivity index (χ1v) is 7.48. The van der Waals surface area contributed by atoms with Crippen LogP contribution in [0.4, 0.5) is 4.79 Å². The van der Waals surface area contributed by atoms with Crippen LogP contribution in [0.2, 0.25) is 0 Å². The number of esters is 1. The number of hydrogen-bond acceptors (Lipinski definition) is 4. The van der Waals surface area contributed by atoms with E-state index >= 15 is 0 Å². The van der Waals surface area contributed by atoms with Crippen LogP contribution in [0, 0.1) is 0 Å². The molecule has 5 heteroatoms. The lowest BCUT2D eigenvalue weighted by molar-refractivity contribution is -0.143. The second-order valence-electron chi connectivity index (χ2n) is 6.17. The van der Waals surface area contributed by atoms with Gasteiger partial charge in [-0.05, 0) is 53.4 Å². The molecule has 116 valence electrons. The number of carbonyl (C=O) groups is 2. The molecule has 0 spiro atoms. The van der Waals surface area contributed by atoms with Gasteiger partial charge >= 0.3 is 12.1 Å². The maximum absolute atomic E-state index is 12.2. The van der Waals surface area contributed by atoms with Gasteiger partial charge in [0.15, 0.2) is 0 Å². The number of rotatable bonds is 4. The van der Waals surface area contributed by atoms with E-state index in [1.54, 1.807) is 11.8 Å². The quantitative estimate of drug-likeness (QED) is 0.745. The highest BCUT2D eigenvalue weighted by Crippen LogP contribution is 2.23. The van der Waals surface area contributed by atoms with E-state index in [0.717, 1.165) is 19.3 Å². The number of likely N-dealkylation sites (tertiary alicyclic amines) is 1. The highest BCUT2D eigenvalue weighted by molar-refractivity contribution is 5.70. The van der Waals surface area contributed by atoms with Crippen LogP contribution < -0.4 is 0 Å². The van der Waals surface area contributed by atoms with Gasteiger partial charge in [-0.25, -0.2) is 4.79 Å². The summed E-state index contributed by atoms with van der Waals surface area (Å²) < 4.78 is 10.4. The van der Waals surface area contributed by atoms with Crippen LogP contribution in [-0.2, 0) is 14.3 Å². The molecule has 1 atom stereocenters. The molecular formula is C15H27NO4. The van der Waals surface area contributed by atoms with Crippen molar-refractivity contribution in [1.82, 2.24) is 4.90 Å². The predicted octanol–water partition coefficient (Wildman–Crippen LogP) is 3.12. The van der Waals surface area contributed by atoms with Crippen LogP contribution >= 0.6 is 0 Å². The summed E-state index contributed by atoms with van der Waals surface area (Å²) in [4.78, 5) is 25.4. The lowest BCUT2D eigenvalue weighted by Gasteiger charge is -2.36. The Hall–Kier alpha value is -1.26. The van der Waals surface area contributed by atoms with Gasteiger partial charge in [0.2, 0.25) is 0 Å². The van der Waals surface area contributed by atoms with Crippen molar-refractivity contribution in [1.29, 1.82) is 0 Å². The largest absolute Gasteiger partial charge is 0.466 e. The molecule has 0 N–H and O–H groups in total. The molecule has 5 nitrogen and oxygen atoms in total. The number of carbonyl (C=O) groups excluding carboxylic acids is 2. The van der Waals surface area contributed by atoms with Gasteiger partial charge in [-0.3, -0.25) is 4.79 Å². The average molecular weight is 285 g/mol. The summed E-state index contributed by atoms with van der Waals surface area (Å²) in [5.74, 6) is -0.192. The average Bonchev–Trinajstić information content (AvgIpc) is 2.35. The van der Waals surface area contributed by atoms with Crippen molar-refractivity contribution in [3.05, 3.63) is 0 Å². The maximum Gasteiger partial charge on any atom is 0.410 e. The lowest BCUT2D eigenvalue weighted by Crippen LogP contribution is -2.46. The maximum atomic E-state index is 12.2. The summed E-state index contributed by atoms with van der Waals surface area (Å²) in [5.41, 5.74) is -0.486. The molecule has 1 aliphatic rings. The molecule has 0 aromatic rings. The normalized spacial score (nSPS) is 19.6. The minimum atomic E-state index is -0.486. The third kappa shape index (κ3) is 5.80. The van der Waals surface area contributed by atoms with Gasteiger partial charge in [0.1, 0.15) is 5.60 Å². The minimum absolute atomic E-state index is 0.0861. The smallest absolute Gasteiger partial charge is 0.410 e. The lowest BCUT2D eigenvalue weighted by atomic mass is 9.98. The van der Waals surface area contributed by atoms with Gasteiger partial charge in [0.25, 0.3) is 0 Å². The molecule has 1 aliphatic heterocycles. The van der Waals surface area contributed by atoms with E-state index in [4.69, 9.17) is 9.47 Å². The van der Waals surface area contributed by atoms with Crippen LogP contribution in [0.3, 0.4) is 0 Å². The third-order valence-corrected chi connectivity index (χ3v) is 3.24. The van der Waals surface area contributed by atoms with E-state index in [9.17, 15) is 9.59 Å². The van der Waals surface area contributed by atoms with Gasteiger partial charge in [0.05, 0.1) is 6.61 Å². The Labute approximate surface area is 121 Å². The SMILES string of the molecule is CCOC(=O)CCC1CCCCN1C(=O)OC(C)(C)C. The van der Waals surface area contributed by atoms with Crippen molar-refractivity contribution in [3.8, 4) is 0 Å². The Kier molecular flexibility index (Phi) is 6.30. The molecule has 0 radical (unpaired) electrons. The van der Waals surface area contributed by atoms with Crippen LogP contribution in [0.25, 0.3) is 0 Å². The fraction of sp³-hybridized carbons (Fsp3) is 0.867. The number of piperidine rings is 1. The Bertz CT molecular complexity index is 335. The van der Waals surface area contributed by atoms with Gasteiger partial charge in [-0.2, -0.15) is 0 Å². The summed E-state index contributed by atoms with van der Waals surface area (Å²) in [6.45, 7) is 8.50. The first-order valence-electron chi connectivity index (χ1n) is 7.48. The molecule has 1 fully saturated rings. The van der Waals surface area contributed by atoms with E-state index in [-0.39, 0.29) is 18.1 Å². The third-order valence-electron chi connectivity index (χ3n) is 3.24. The monoisotopic (exact) mass is 285 g/mol. The zero-order valence-corrected chi connectivity index (χ0v) is 13.1. The van der Waals surface area contributed by atoms with Gasteiger partial charge in [-0.1, -0.05) is 0 Å². The molecule has 0 bridgehead atoms. The molecule has 1 saturated heterocycles. The summed E-state index contributed by atoms with van der Waals surface area (Å²) in [7, 11) is 0.